The highest BCUT2D eigenvalue weighted by molar-refractivity contribution is 7.15. The number of benzene rings is 1. The minimum absolute atomic E-state index is 0.141. The third-order valence-corrected chi connectivity index (χ3v) is 3.33. The fourth-order valence-corrected chi connectivity index (χ4v) is 2.41. The molecule has 4 nitrogen and oxygen atoms in total. The molecule has 5 heteroatoms. The number of nitrogens with one attached hydrogen (secondary N) is 1. The van der Waals surface area contributed by atoms with Crippen LogP contribution in [-0.4, -0.2) is 16.1 Å². The van der Waals surface area contributed by atoms with Crippen LogP contribution in [0.4, 0.5) is 5.13 Å². The molecule has 0 spiro atoms. The first kappa shape index (κ1) is 12.7. The number of amides is 1. The van der Waals surface area contributed by atoms with Crippen molar-refractivity contribution in [3.63, 3.8) is 0 Å². The third kappa shape index (κ3) is 3.13. The van der Waals surface area contributed by atoms with Gasteiger partial charge in [-0.3, -0.25) is 10.1 Å². The van der Waals surface area contributed by atoms with E-state index in [2.05, 4.69) is 22.4 Å². The maximum absolute atomic E-state index is 12.0. The van der Waals surface area contributed by atoms with E-state index in [1.165, 1.54) is 11.3 Å². The fraction of sp³-hybridized carbons (Fsp3) is 0.308. The molecule has 0 saturated carbocycles. The Morgan fingerprint density at radius 1 is 1.39 bits per heavy atom. The monoisotopic (exact) mass is 261 g/mol. The molecule has 0 aliphatic carbocycles. The summed E-state index contributed by atoms with van der Waals surface area (Å²) in [6.45, 7) is 4.05. The van der Waals surface area contributed by atoms with E-state index in [4.69, 9.17) is 0 Å². The van der Waals surface area contributed by atoms with E-state index in [1.807, 2.05) is 25.1 Å². The molecule has 0 fully saturated rings. The second-order valence-corrected chi connectivity index (χ2v) is 5.14. The molecule has 1 amide bonds. The number of anilines is 1. The van der Waals surface area contributed by atoms with Crippen LogP contribution in [0.25, 0.3) is 0 Å². The zero-order chi connectivity index (χ0) is 13.0. The van der Waals surface area contributed by atoms with Gasteiger partial charge in [0, 0.05) is 12.0 Å². The number of carbonyl (C=O) groups excluding carboxylic acids is 1. The molecule has 1 aromatic carbocycles. The van der Waals surface area contributed by atoms with E-state index in [-0.39, 0.29) is 5.91 Å². The van der Waals surface area contributed by atoms with E-state index in [0.29, 0.717) is 10.7 Å². The summed E-state index contributed by atoms with van der Waals surface area (Å²) in [5.41, 5.74) is 1.70. The molecule has 0 bridgehead atoms. The molecule has 0 radical (unpaired) electrons. The molecule has 2 aromatic rings. The first-order valence-corrected chi connectivity index (χ1v) is 6.71. The van der Waals surface area contributed by atoms with Crippen molar-refractivity contribution in [3.05, 3.63) is 40.4 Å². The van der Waals surface area contributed by atoms with Crippen LogP contribution in [0.2, 0.25) is 0 Å². The number of hydrogen-bond donors (Lipinski definition) is 1. The quantitative estimate of drug-likeness (QED) is 0.920. The van der Waals surface area contributed by atoms with Gasteiger partial charge in [0.25, 0.3) is 5.91 Å². The molecule has 1 N–H and O–H groups in total. The van der Waals surface area contributed by atoms with Crippen LogP contribution >= 0.6 is 11.3 Å². The molecule has 1 heterocycles. The third-order valence-electron chi connectivity index (χ3n) is 2.43. The lowest BCUT2D eigenvalue weighted by atomic mass is 10.1. The van der Waals surface area contributed by atoms with Gasteiger partial charge in [0.05, 0.1) is 0 Å². The topological polar surface area (TPSA) is 54.9 Å². The Balaban J connectivity index is 2.06. The van der Waals surface area contributed by atoms with E-state index < -0.39 is 0 Å². The largest absolute Gasteiger partial charge is 0.296 e. The summed E-state index contributed by atoms with van der Waals surface area (Å²) in [6, 6.07) is 7.47. The van der Waals surface area contributed by atoms with Crippen LogP contribution in [0.5, 0.6) is 0 Å². The molecule has 0 unspecified atom stereocenters. The van der Waals surface area contributed by atoms with E-state index in [1.54, 1.807) is 6.07 Å². The first-order chi connectivity index (χ1) is 8.69. The van der Waals surface area contributed by atoms with Crippen molar-refractivity contribution < 1.29 is 4.79 Å². The normalized spacial score (nSPS) is 10.3. The van der Waals surface area contributed by atoms with Crippen molar-refractivity contribution >= 4 is 22.4 Å². The van der Waals surface area contributed by atoms with Gasteiger partial charge in [-0.05, 0) is 25.5 Å². The van der Waals surface area contributed by atoms with Crippen molar-refractivity contribution in [2.45, 2.75) is 26.7 Å². The lowest BCUT2D eigenvalue weighted by Crippen LogP contribution is -2.11. The van der Waals surface area contributed by atoms with E-state index >= 15 is 0 Å². The zero-order valence-electron chi connectivity index (χ0n) is 10.4. The van der Waals surface area contributed by atoms with E-state index in [9.17, 15) is 4.79 Å². The molecular weight excluding hydrogens is 246 g/mol. The number of rotatable bonds is 4. The second-order valence-electron chi connectivity index (χ2n) is 4.07. The van der Waals surface area contributed by atoms with Crippen LogP contribution in [0, 0.1) is 6.92 Å². The molecule has 2 rings (SSSR count). The van der Waals surface area contributed by atoms with Crippen molar-refractivity contribution in [2.24, 2.45) is 0 Å². The Morgan fingerprint density at radius 2 is 2.22 bits per heavy atom. The zero-order valence-corrected chi connectivity index (χ0v) is 11.3. The second kappa shape index (κ2) is 5.73. The van der Waals surface area contributed by atoms with Gasteiger partial charge in [0.1, 0.15) is 5.01 Å². The molecule has 18 heavy (non-hydrogen) atoms. The maximum Gasteiger partial charge on any atom is 0.257 e. The highest BCUT2D eigenvalue weighted by Crippen LogP contribution is 2.17. The predicted molar refractivity (Wildman–Crippen MR) is 73.0 cm³/mol. The van der Waals surface area contributed by atoms with E-state index in [0.717, 1.165) is 23.4 Å². The highest BCUT2D eigenvalue weighted by Gasteiger charge is 2.09. The summed E-state index contributed by atoms with van der Waals surface area (Å²) in [5, 5.41) is 12.3. The predicted octanol–water partition coefficient (Wildman–Crippen LogP) is 3.05. The average Bonchev–Trinajstić information content (AvgIpc) is 2.77. The van der Waals surface area contributed by atoms with Crippen LogP contribution in [0.1, 0.15) is 34.3 Å². The Labute approximate surface area is 110 Å². The SMILES string of the molecule is CCCc1nnc(NC(=O)c2cccc(C)c2)s1. The van der Waals surface area contributed by atoms with Gasteiger partial charge in [0.2, 0.25) is 5.13 Å². The molecule has 94 valence electrons. The molecule has 0 atom stereocenters. The molecule has 1 aromatic heterocycles. The summed E-state index contributed by atoms with van der Waals surface area (Å²) < 4.78 is 0. The summed E-state index contributed by atoms with van der Waals surface area (Å²) in [6.07, 6.45) is 1.93. The first-order valence-electron chi connectivity index (χ1n) is 5.89. The summed E-state index contributed by atoms with van der Waals surface area (Å²) in [5.74, 6) is -0.141. The Kier molecular flexibility index (Phi) is 4.04. The standard InChI is InChI=1S/C13H15N3OS/c1-3-5-11-15-16-13(18-11)14-12(17)10-7-4-6-9(2)8-10/h4,6-8H,3,5H2,1-2H3,(H,14,16,17). The van der Waals surface area contributed by atoms with Crippen molar-refractivity contribution in [1.82, 2.24) is 10.2 Å². The number of hydrogen-bond acceptors (Lipinski definition) is 4. The van der Waals surface area contributed by atoms with Gasteiger partial charge in [-0.1, -0.05) is 36.0 Å². The lowest BCUT2D eigenvalue weighted by Gasteiger charge is -2.01. The number of carbonyl (C=O) groups is 1. The lowest BCUT2D eigenvalue weighted by molar-refractivity contribution is 0.102. The van der Waals surface area contributed by atoms with Crippen molar-refractivity contribution in [1.29, 1.82) is 0 Å². The number of nitrogens with zero attached hydrogens (tertiary/aromatic N) is 2. The Bertz CT molecular complexity index is 551. The van der Waals surface area contributed by atoms with Crippen LogP contribution in [-0.2, 0) is 6.42 Å². The fourth-order valence-electron chi connectivity index (χ4n) is 1.57. The summed E-state index contributed by atoms with van der Waals surface area (Å²) in [7, 11) is 0. The van der Waals surface area contributed by atoms with Gasteiger partial charge >= 0.3 is 0 Å². The van der Waals surface area contributed by atoms with Crippen molar-refractivity contribution in [2.75, 3.05) is 5.32 Å². The minimum Gasteiger partial charge on any atom is -0.296 e. The smallest absolute Gasteiger partial charge is 0.257 e. The number of aryl methyl sites for hydroxylation is 2. The van der Waals surface area contributed by atoms with Gasteiger partial charge in [-0.25, -0.2) is 0 Å². The van der Waals surface area contributed by atoms with Crippen molar-refractivity contribution in [3.8, 4) is 0 Å². The Hall–Kier alpha value is -1.75. The van der Waals surface area contributed by atoms with Gasteiger partial charge in [-0.15, -0.1) is 10.2 Å². The molecule has 0 aliphatic rings. The summed E-state index contributed by atoms with van der Waals surface area (Å²) in [4.78, 5) is 12.0. The highest BCUT2D eigenvalue weighted by atomic mass is 32.1. The van der Waals surface area contributed by atoms with Gasteiger partial charge in [0.15, 0.2) is 0 Å². The minimum atomic E-state index is -0.141. The van der Waals surface area contributed by atoms with Gasteiger partial charge in [-0.2, -0.15) is 0 Å². The summed E-state index contributed by atoms with van der Waals surface area (Å²) >= 11 is 1.43. The van der Waals surface area contributed by atoms with Crippen LogP contribution in [0.15, 0.2) is 24.3 Å². The van der Waals surface area contributed by atoms with Crippen LogP contribution < -0.4 is 5.32 Å². The number of aromatic nitrogens is 2. The maximum atomic E-state index is 12.0. The molecule has 0 aliphatic heterocycles. The average molecular weight is 261 g/mol. The molecule has 0 saturated heterocycles. The van der Waals surface area contributed by atoms with Gasteiger partial charge < -0.3 is 0 Å². The molecular formula is C13H15N3OS. The Morgan fingerprint density at radius 3 is 2.94 bits per heavy atom. The van der Waals surface area contributed by atoms with Crippen LogP contribution in [0.3, 0.4) is 0 Å².